The third-order valence-electron chi connectivity index (χ3n) is 5.47. The highest BCUT2D eigenvalue weighted by molar-refractivity contribution is 9.14. The Morgan fingerprint density at radius 1 is 0.643 bits per heavy atom. The van der Waals surface area contributed by atoms with E-state index in [1.54, 1.807) is 0 Å². The molecule has 2 aromatic carbocycles. The lowest BCUT2D eigenvalue weighted by atomic mass is 10.00. The molecule has 0 N–H and O–H groups in total. The van der Waals surface area contributed by atoms with E-state index >= 15 is 0 Å². The predicted octanol–water partition coefficient (Wildman–Crippen LogP) is 7.76. The maximum atomic E-state index is 3.92. The summed E-state index contributed by atoms with van der Waals surface area (Å²) in [6, 6.07) is 9.11. The highest BCUT2D eigenvalue weighted by Crippen LogP contribution is 2.48. The lowest BCUT2D eigenvalue weighted by molar-refractivity contribution is 0.498. The first kappa shape index (κ1) is 21.4. The number of benzene rings is 2. The summed E-state index contributed by atoms with van der Waals surface area (Å²) in [6.45, 7) is 17.8. The zero-order valence-corrected chi connectivity index (χ0v) is 21.3. The average molecular weight is 506 g/mol. The zero-order chi connectivity index (χ0) is 20.9. The Bertz CT molecular complexity index is 840. The molecule has 0 saturated carbocycles. The molecule has 0 aliphatic carbocycles. The van der Waals surface area contributed by atoms with Gasteiger partial charge in [-0.1, -0.05) is 49.2 Å². The summed E-state index contributed by atoms with van der Waals surface area (Å²) in [4.78, 5) is 4.91. The lowest BCUT2D eigenvalue weighted by Gasteiger charge is -2.39. The summed E-state index contributed by atoms with van der Waals surface area (Å²) in [7, 11) is 0. The van der Waals surface area contributed by atoms with E-state index in [1.807, 2.05) is 0 Å². The predicted molar refractivity (Wildman–Crippen MR) is 130 cm³/mol. The van der Waals surface area contributed by atoms with Crippen molar-refractivity contribution in [1.29, 1.82) is 0 Å². The van der Waals surface area contributed by atoms with E-state index in [0.717, 1.165) is 9.21 Å². The first-order valence-corrected chi connectivity index (χ1v) is 11.4. The van der Waals surface area contributed by atoms with Gasteiger partial charge in [-0.25, -0.2) is 0 Å². The van der Waals surface area contributed by atoms with Crippen molar-refractivity contribution < 1.29 is 0 Å². The molecule has 2 nitrogen and oxygen atoms in total. The normalized spacial score (nSPS) is 15.4. The molecular formula is C24H30Br2N2. The fraction of sp³-hybridized carbons (Fsp3) is 0.417. The van der Waals surface area contributed by atoms with Crippen molar-refractivity contribution in [3.63, 3.8) is 0 Å². The van der Waals surface area contributed by atoms with Crippen LogP contribution in [0, 0.1) is 47.5 Å². The van der Waals surface area contributed by atoms with Gasteiger partial charge < -0.3 is 9.80 Å². The summed E-state index contributed by atoms with van der Waals surface area (Å²) >= 11 is 7.84. The van der Waals surface area contributed by atoms with Crippen LogP contribution in [0.2, 0.25) is 0 Å². The molecule has 0 atom stereocenters. The van der Waals surface area contributed by atoms with Crippen molar-refractivity contribution in [2.45, 2.75) is 61.6 Å². The summed E-state index contributed by atoms with van der Waals surface area (Å²) < 4.78 is 2.17. The maximum absolute atomic E-state index is 3.92. The number of hydrogen-bond donors (Lipinski definition) is 0. The Hall–Kier alpha value is -1.26. The van der Waals surface area contributed by atoms with Crippen LogP contribution in [0.1, 0.15) is 47.2 Å². The van der Waals surface area contributed by atoms with E-state index < -0.39 is 0 Å². The van der Waals surface area contributed by atoms with Gasteiger partial charge >= 0.3 is 0 Å². The van der Waals surface area contributed by atoms with Crippen molar-refractivity contribution in [3.8, 4) is 0 Å². The summed E-state index contributed by atoms with van der Waals surface area (Å²) in [5.41, 5.74) is 10.4. The van der Waals surface area contributed by atoms with Crippen molar-refractivity contribution in [3.05, 3.63) is 66.9 Å². The molecule has 0 spiro atoms. The minimum Gasteiger partial charge on any atom is -0.311 e. The number of nitrogens with zero attached hydrogens (tertiary/aromatic N) is 2. The van der Waals surface area contributed by atoms with Gasteiger partial charge in [0.25, 0.3) is 0 Å². The van der Waals surface area contributed by atoms with Gasteiger partial charge in [-0.2, -0.15) is 0 Å². The van der Waals surface area contributed by atoms with Crippen LogP contribution in [0.4, 0.5) is 11.4 Å². The van der Waals surface area contributed by atoms with Gasteiger partial charge in [0.1, 0.15) is 15.4 Å². The Balaban J connectivity index is 2.24. The molecule has 3 rings (SSSR count). The van der Waals surface area contributed by atoms with Crippen LogP contribution in [0.3, 0.4) is 0 Å². The second kappa shape index (κ2) is 7.87. The van der Waals surface area contributed by atoms with E-state index in [1.165, 1.54) is 44.8 Å². The lowest BCUT2D eigenvalue weighted by Crippen LogP contribution is -2.45. The molecule has 2 aromatic rings. The van der Waals surface area contributed by atoms with E-state index in [2.05, 4.69) is 121 Å². The second-order valence-electron chi connectivity index (χ2n) is 8.47. The molecule has 1 aliphatic rings. The first-order chi connectivity index (χ1) is 13.0. The minimum atomic E-state index is 0.184. The Kier molecular flexibility index (Phi) is 6.03. The molecule has 0 radical (unpaired) electrons. The van der Waals surface area contributed by atoms with Crippen molar-refractivity contribution in [2.24, 2.45) is 5.92 Å². The van der Waals surface area contributed by atoms with Gasteiger partial charge in [-0.3, -0.25) is 0 Å². The molecule has 0 unspecified atom stereocenters. The second-order valence-corrected chi connectivity index (χ2v) is 9.98. The molecule has 1 heterocycles. The van der Waals surface area contributed by atoms with E-state index in [-0.39, 0.29) is 6.17 Å². The molecule has 4 heteroatoms. The monoisotopic (exact) mass is 504 g/mol. The minimum absolute atomic E-state index is 0.184. The van der Waals surface area contributed by atoms with Crippen LogP contribution < -0.4 is 9.80 Å². The maximum Gasteiger partial charge on any atom is 0.118 e. The van der Waals surface area contributed by atoms with Crippen molar-refractivity contribution in [2.75, 3.05) is 9.80 Å². The van der Waals surface area contributed by atoms with Crippen LogP contribution in [-0.4, -0.2) is 6.17 Å². The fourth-order valence-electron chi connectivity index (χ4n) is 4.71. The number of aryl methyl sites for hydroxylation is 6. The molecule has 1 aliphatic heterocycles. The van der Waals surface area contributed by atoms with Crippen LogP contribution in [0.5, 0.6) is 0 Å². The molecule has 0 amide bonds. The molecule has 150 valence electrons. The van der Waals surface area contributed by atoms with Crippen LogP contribution in [0.25, 0.3) is 0 Å². The van der Waals surface area contributed by atoms with Crippen LogP contribution >= 0.6 is 31.9 Å². The Labute approximate surface area is 186 Å². The number of rotatable bonds is 3. The van der Waals surface area contributed by atoms with Gasteiger partial charge in [0.2, 0.25) is 0 Å². The van der Waals surface area contributed by atoms with Crippen molar-refractivity contribution >= 4 is 43.2 Å². The number of anilines is 2. The van der Waals surface area contributed by atoms with Crippen molar-refractivity contribution in [1.82, 2.24) is 0 Å². The molecule has 0 saturated heterocycles. The Morgan fingerprint density at radius 2 is 0.929 bits per heavy atom. The molecule has 0 aromatic heterocycles. The van der Waals surface area contributed by atoms with Gasteiger partial charge in [-0.05, 0) is 102 Å². The van der Waals surface area contributed by atoms with E-state index in [4.69, 9.17) is 0 Å². The highest BCUT2D eigenvalue weighted by Gasteiger charge is 2.41. The van der Waals surface area contributed by atoms with E-state index in [0.29, 0.717) is 5.92 Å². The van der Waals surface area contributed by atoms with Crippen LogP contribution in [-0.2, 0) is 0 Å². The van der Waals surface area contributed by atoms with Gasteiger partial charge in [-0.15, -0.1) is 0 Å². The standard InChI is InChI=1S/C24H30Br2N2/c1-13(2)24-27(20-16(5)9-14(3)10-17(20)6)22(25)23(26)28(24)21-18(7)11-15(4)12-19(21)8/h9-13,24H,1-8H3. The Morgan fingerprint density at radius 3 is 1.18 bits per heavy atom. The molecule has 0 fully saturated rings. The van der Waals surface area contributed by atoms with E-state index in [9.17, 15) is 0 Å². The SMILES string of the molecule is Cc1cc(C)c(N2C(Br)=C(Br)N(c3c(C)cc(C)cc3C)C2C(C)C)c(C)c1. The summed E-state index contributed by atoms with van der Waals surface area (Å²) in [6.07, 6.45) is 0.184. The largest absolute Gasteiger partial charge is 0.311 e. The topological polar surface area (TPSA) is 6.48 Å². The summed E-state index contributed by atoms with van der Waals surface area (Å²) in [5, 5.41) is 0. The van der Waals surface area contributed by atoms with Crippen LogP contribution in [0.15, 0.2) is 33.5 Å². The molecule has 0 bridgehead atoms. The highest BCUT2D eigenvalue weighted by atomic mass is 79.9. The third kappa shape index (κ3) is 3.54. The quantitative estimate of drug-likeness (QED) is 0.393. The van der Waals surface area contributed by atoms with Gasteiger partial charge in [0.05, 0.1) is 0 Å². The fourth-order valence-corrected chi connectivity index (χ4v) is 5.86. The third-order valence-corrected chi connectivity index (χ3v) is 7.52. The van der Waals surface area contributed by atoms with Gasteiger partial charge in [0, 0.05) is 11.4 Å². The number of hydrogen-bond acceptors (Lipinski definition) is 2. The van der Waals surface area contributed by atoms with Gasteiger partial charge in [0.15, 0.2) is 0 Å². The zero-order valence-electron chi connectivity index (χ0n) is 18.1. The molecule has 28 heavy (non-hydrogen) atoms. The average Bonchev–Trinajstić information content (AvgIpc) is 2.79. The smallest absolute Gasteiger partial charge is 0.118 e. The molecular weight excluding hydrogens is 476 g/mol. The summed E-state index contributed by atoms with van der Waals surface area (Å²) in [5.74, 6) is 0.419. The number of halogens is 2. The first-order valence-electron chi connectivity index (χ1n) is 9.84.